The van der Waals surface area contributed by atoms with Crippen molar-refractivity contribution < 1.29 is 22.7 Å². The Hall–Kier alpha value is -2.78. The van der Waals surface area contributed by atoms with Gasteiger partial charge in [-0.2, -0.15) is 5.10 Å². The van der Waals surface area contributed by atoms with E-state index in [0.717, 1.165) is 11.8 Å². The van der Waals surface area contributed by atoms with Crippen molar-refractivity contribution >= 4 is 25.5 Å². The van der Waals surface area contributed by atoms with Gasteiger partial charge in [-0.25, -0.2) is 18.1 Å². The molecule has 1 aliphatic heterocycles. The van der Waals surface area contributed by atoms with Crippen LogP contribution in [0, 0.1) is 11.6 Å². The molecule has 35 heavy (non-hydrogen) atoms. The summed E-state index contributed by atoms with van der Waals surface area (Å²) in [6.45, 7) is 13.5. The van der Waals surface area contributed by atoms with Crippen LogP contribution in [0.4, 0.5) is 14.5 Å². The molecule has 0 N–H and O–H groups in total. The van der Waals surface area contributed by atoms with Gasteiger partial charge >= 0.3 is 5.97 Å². The second kappa shape index (κ2) is 9.35. The van der Waals surface area contributed by atoms with Crippen molar-refractivity contribution in [2.45, 2.75) is 64.4 Å². The van der Waals surface area contributed by atoms with Crippen molar-refractivity contribution in [2.75, 3.05) is 18.1 Å². The first-order chi connectivity index (χ1) is 16.4. The molecule has 1 aromatic carbocycles. The first-order valence-electron chi connectivity index (χ1n) is 11.9. The van der Waals surface area contributed by atoms with Crippen LogP contribution in [-0.2, 0) is 9.16 Å². The third-order valence-electron chi connectivity index (χ3n) is 7.18. The van der Waals surface area contributed by atoms with Crippen molar-refractivity contribution in [1.29, 1.82) is 0 Å². The van der Waals surface area contributed by atoms with Gasteiger partial charge in [0.25, 0.3) is 0 Å². The van der Waals surface area contributed by atoms with Crippen LogP contribution in [0.2, 0.25) is 18.1 Å². The van der Waals surface area contributed by atoms with Gasteiger partial charge in [-0.1, -0.05) is 20.8 Å². The van der Waals surface area contributed by atoms with Crippen LogP contribution < -0.4 is 4.90 Å². The van der Waals surface area contributed by atoms with Crippen LogP contribution in [0.25, 0.3) is 5.52 Å². The van der Waals surface area contributed by atoms with E-state index >= 15 is 0 Å². The number of ether oxygens (including phenoxy) is 1. The number of carbonyl (C=O) groups excluding carboxylic acids is 1. The molecule has 2 aromatic heterocycles. The molecule has 188 valence electrons. The van der Waals surface area contributed by atoms with Crippen molar-refractivity contribution in [3.63, 3.8) is 0 Å². The summed E-state index contributed by atoms with van der Waals surface area (Å²) in [6, 6.07) is 6.86. The van der Waals surface area contributed by atoms with Crippen molar-refractivity contribution in [3.05, 3.63) is 65.5 Å². The minimum Gasteiger partial charge on any atom is -0.462 e. The number of aromatic nitrogens is 2. The molecule has 0 aliphatic carbocycles. The minimum atomic E-state index is -2.09. The van der Waals surface area contributed by atoms with Crippen LogP contribution in [-0.4, -0.2) is 43.2 Å². The number of carbonyl (C=O) groups is 1. The first kappa shape index (κ1) is 25.3. The maximum absolute atomic E-state index is 14.9. The molecule has 0 amide bonds. The lowest BCUT2D eigenvalue weighted by molar-refractivity contribution is 0.0528. The summed E-state index contributed by atoms with van der Waals surface area (Å²) in [7, 11) is -2.09. The highest BCUT2D eigenvalue weighted by atomic mass is 28.4. The van der Waals surface area contributed by atoms with E-state index in [-0.39, 0.29) is 17.7 Å². The fourth-order valence-electron chi connectivity index (χ4n) is 4.34. The number of hydrogen-bond acceptors (Lipinski definition) is 5. The third kappa shape index (κ3) is 4.97. The van der Waals surface area contributed by atoms with Crippen molar-refractivity contribution in [2.24, 2.45) is 0 Å². The highest BCUT2D eigenvalue weighted by Crippen LogP contribution is 2.43. The van der Waals surface area contributed by atoms with Gasteiger partial charge in [-0.05, 0) is 61.8 Å². The standard InChI is InChI=1S/C26H33F2N3O3Si/c1-7-33-25(32)21-15-29-31-11-10-18(13-24(21)31)30-16-19(34-35(5,6)26(2,3)4)14-23(30)20-12-17(27)8-9-22(20)28/h8-13,15,19,23H,7,14,16H2,1-6H3/t19?,23-/m0/s1. The monoisotopic (exact) mass is 501 g/mol. The molecule has 0 radical (unpaired) electrons. The van der Waals surface area contributed by atoms with Crippen LogP contribution in [0.1, 0.15) is 56.1 Å². The molecule has 1 fully saturated rings. The molecular formula is C26H33F2N3O3Si. The molecule has 0 saturated carbocycles. The fourth-order valence-corrected chi connectivity index (χ4v) is 5.70. The van der Waals surface area contributed by atoms with Crippen LogP contribution in [0.15, 0.2) is 42.7 Å². The predicted molar refractivity (Wildman–Crippen MR) is 134 cm³/mol. The summed E-state index contributed by atoms with van der Waals surface area (Å²) in [6.07, 6.45) is 3.62. The summed E-state index contributed by atoms with van der Waals surface area (Å²) in [4.78, 5) is 14.5. The summed E-state index contributed by atoms with van der Waals surface area (Å²) < 4.78 is 42.6. The molecule has 6 nitrogen and oxygen atoms in total. The zero-order valence-corrected chi connectivity index (χ0v) is 22.1. The lowest BCUT2D eigenvalue weighted by Gasteiger charge is -2.38. The molecule has 0 spiro atoms. The highest BCUT2D eigenvalue weighted by Gasteiger charge is 2.43. The van der Waals surface area contributed by atoms with E-state index in [0.29, 0.717) is 29.6 Å². The molecular weight excluding hydrogens is 468 g/mol. The summed E-state index contributed by atoms with van der Waals surface area (Å²) in [5.41, 5.74) is 2.02. The number of pyridine rings is 1. The molecule has 3 heterocycles. The largest absolute Gasteiger partial charge is 0.462 e. The van der Waals surface area contributed by atoms with Crippen LogP contribution in [0.3, 0.4) is 0 Å². The zero-order chi connectivity index (χ0) is 25.5. The second-order valence-corrected chi connectivity index (χ2v) is 15.3. The molecule has 9 heteroatoms. The molecule has 1 aliphatic rings. The van der Waals surface area contributed by atoms with Gasteiger partial charge in [-0.15, -0.1) is 0 Å². The van der Waals surface area contributed by atoms with E-state index in [4.69, 9.17) is 9.16 Å². The predicted octanol–water partition coefficient (Wildman–Crippen LogP) is 6.13. The third-order valence-corrected chi connectivity index (χ3v) is 11.7. The normalized spacial score (nSPS) is 18.9. The van der Waals surface area contributed by atoms with Gasteiger partial charge in [0.1, 0.15) is 17.2 Å². The number of halogens is 2. The lowest BCUT2D eigenvalue weighted by atomic mass is 10.0. The van der Waals surface area contributed by atoms with E-state index in [1.54, 1.807) is 17.6 Å². The minimum absolute atomic E-state index is 0.0189. The summed E-state index contributed by atoms with van der Waals surface area (Å²) >= 11 is 0. The van der Waals surface area contributed by atoms with Gasteiger partial charge in [0.15, 0.2) is 8.32 Å². The Bertz CT molecular complexity index is 1240. The maximum atomic E-state index is 14.9. The summed E-state index contributed by atoms with van der Waals surface area (Å²) in [5, 5.41) is 4.27. The molecule has 2 atom stereocenters. The number of fused-ring (bicyclic) bond motifs is 1. The van der Waals surface area contributed by atoms with Gasteiger partial charge in [0.05, 0.1) is 30.5 Å². The number of nitrogens with zero attached hydrogens (tertiary/aromatic N) is 3. The average molecular weight is 502 g/mol. The second-order valence-electron chi connectivity index (χ2n) is 10.6. The topological polar surface area (TPSA) is 56.1 Å². The average Bonchev–Trinajstić information content (AvgIpc) is 3.38. The molecule has 0 bridgehead atoms. The SMILES string of the molecule is CCOC(=O)c1cnn2ccc(N3CC(O[Si](C)(C)C(C)(C)C)C[C@H]3c3cc(F)ccc3F)cc12. The Morgan fingerprint density at radius 2 is 1.94 bits per heavy atom. The molecule has 1 unspecified atom stereocenters. The lowest BCUT2D eigenvalue weighted by Crippen LogP contribution is -2.44. The van der Waals surface area contributed by atoms with Gasteiger partial charge in [-0.3, -0.25) is 0 Å². The number of benzene rings is 1. The van der Waals surface area contributed by atoms with Gasteiger partial charge in [0.2, 0.25) is 0 Å². The van der Waals surface area contributed by atoms with Gasteiger partial charge < -0.3 is 14.1 Å². The Morgan fingerprint density at radius 1 is 1.20 bits per heavy atom. The number of hydrogen-bond donors (Lipinski definition) is 0. The Kier molecular flexibility index (Phi) is 6.76. The van der Waals surface area contributed by atoms with Crippen molar-refractivity contribution in [3.8, 4) is 0 Å². The molecule has 4 rings (SSSR count). The fraction of sp³-hybridized carbons (Fsp3) is 0.462. The molecule has 3 aromatic rings. The number of anilines is 1. The van der Waals surface area contributed by atoms with Crippen LogP contribution >= 0.6 is 0 Å². The zero-order valence-electron chi connectivity index (χ0n) is 21.1. The molecule has 1 saturated heterocycles. The Balaban J connectivity index is 1.75. The summed E-state index contributed by atoms with van der Waals surface area (Å²) in [5.74, 6) is -1.38. The Morgan fingerprint density at radius 3 is 2.63 bits per heavy atom. The highest BCUT2D eigenvalue weighted by molar-refractivity contribution is 6.74. The maximum Gasteiger partial charge on any atom is 0.341 e. The van der Waals surface area contributed by atoms with E-state index in [9.17, 15) is 13.6 Å². The van der Waals surface area contributed by atoms with Crippen molar-refractivity contribution in [1.82, 2.24) is 9.61 Å². The van der Waals surface area contributed by atoms with E-state index in [2.05, 4.69) is 39.0 Å². The van der Waals surface area contributed by atoms with E-state index in [1.807, 2.05) is 17.0 Å². The van der Waals surface area contributed by atoms with E-state index < -0.39 is 32.0 Å². The number of rotatable bonds is 6. The first-order valence-corrected chi connectivity index (χ1v) is 14.9. The van der Waals surface area contributed by atoms with Gasteiger partial charge in [0, 0.05) is 24.0 Å². The van der Waals surface area contributed by atoms with Crippen LogP contribution in [0.5, 0.6) is 0 Å². The number of esters is 1. The smallest absolute Gasteiger partial charge is 0.341 e. The Labute approximate surface area is 206 Å². The quantitative estimate of drug-likeness (QED) is 0.300. The van der Waals surface area contributed by atoms with E-state index in [1.165, 1.54) is 18.3 Å².